The van der Waals surface area contributed by atoms with Gasteiger partial charge < -0.3 is 14.4 Å². The van der Waals surface area contributed by atoms with Crippen LogP contribution in [-0.2, 0) is 13.0 Å². The molecule has 0 spiro atoms. The molecule has 0 aliphatic rings. The van der Waals surface area contributed by atoms with Gasteiger partial charge in [-0.05, 0) is 12.3 Å². The highest BCUT2D eigenvalue weighted by Gasteiger charge is 2.15. The minimum atomic E-state index is -0.285. The van der Waals surface area contributed by atoms with Crippen LogP contribution in [0.3, 0.4) is 0 Å². The maximum atomic E-state index is 11.9. The summed E-state index contributed by atoms with van der Waals surface area (Å²) in [6.45, 7) is 8.48. The number of carbonyl (C=O) groups excluding carboxylic acids is 1. The molecule has 0 aliphatic heterocycles. The molecule has 0 saturated carbocycles. The summed E-state index contributed by atoms with van der Waals surface area (Å²) in [4.78, 5) is 11.9. The molecule has 0 bridgehead atoms. The lowest BCUT2D eigenvalue weighted by Gasteiger charge is -1.98. The fourth-order valence-electron chi connectivity index (χ4n) is 1.88. The Labute approximate surface area is 123 Å². The predicted octanol–water partition coefficient (Wildman–Crippen LogP) is 2.91. The molecule has 0 saturated heterocycles. The summed E-state index contributed by atoms with van der Waals surface area (Å²) in [7, 11) is 0. The maximum Gasteiger partial charge on any atom is 0.273 e. The van der Waals surface area contributed by atoms with Gasteiger partial charge in [0.05, 0.1) is 12.2 Å². The van der Waals surface area contributed by atoms with E-state index in [9.17, 15) is 4.79 Å². The Morgan fingerprint density at radius 1 is 1.19 bits per heavy atom. The van der Waals surface area contributed by atoms with Crippen LogP contribution in [0.1, 0.15) is 61.3 Å². The Bertz CT molecular complexity index is 599. The van der Waals surface area contributed by atoms with E-state index in [0.717, 1.165) is 12.1 Å². The van der Waals surface area contributed by atoms with Crippen LogP contribution >= 0.6 is 0 Å². The van der Waals surface area contributed by atoms with Crippen LogP contribution in [0.5, 0.6) is 0 Å². The van der Waals surface area contributed by atoms with Crippen LogP contribution < -0.4 is 5.32 Å². The van der Waals surface area contributed by atoms with E-state index in [2.05, 4.69) is 29.5 Å². The van der Waals surface area contributed by atoms with E-state index in [0.29, 0.717) is 17.4 Å². The minimum absolute atomic E-state index is 0.201. The first-order chi connectivity index (χ1) is 9.95. The summed E-state index contributed by atoms with van der Waals surface area (Å²) in [6, 6.07) is 3.52. The zero-order chi connectivity index (χ0) is 15.4. The van der Waals surface area contributed by atoms with Crippen LogP contribution in [0.15, 0.2) is 21.2 Å². The topological polar surface area (TPSA) is 81.2 Å². The van der Waals surface area contributed by atoms with Crippen LogP contribution in [0.2, 0.25) is 0 Å². The molecule has 0 fully saturated rings. The summed E-state index contributed by atoms with van der Waals surface area (Å²) in [6.07, 6.45) is 0.860. The highest BCUT2D eigenvalue weighted by atomic mass is 16.5. The number of carbonyl (C=O) groups is 1. The second kappa shape index (κ2) is 6.56. The molecule has 2 aromatic heterocycles. The van der Waals surface area contributed by atoms with Crippen LogP contribution in [0.4, 0.5) is 0 Å². The zero-order valence-electron chi connectivity index (χ0n) is 12.8. The van der Waals surface area contributed by atoms with Gasteiger partial charge in [0.25, 0.3) is 5.91 Å². The second-order valence-corrected chi connectivity index (χ2v) is 5.83. The van der Waals surface area contributed by atoms with Gasteiger partial charge in [-0.2, -0.15) is 0 Å². The third-order valence-corrected chi connectivity index (χ3v) is 2.98. The van der Waals surface area contributed by atoms with E-state index in [1.54, 1.807) is 6.07 Å². The SMILES string of the molecule is CC(C)Cc1cc(CNC(=O)c2cc(C(C)C)on2)on1. The number of amides is 1. The first-order valence-electron chi connectivity index (χ1n) is 7.15. The molecule has 0 aliphatic carbocycles. The van der Waals surface area contributed by atoms with Crippen molar-refractivity contribution < 1.29 is 13.8 Å². The highest BCUT2D eigenvalue weighted by molar-refractivity contribution is 5.92. The molecule has 0 atom stereocenters. The average Bonchev–Trinajstić information content (AvgIpc) is 3.04. The van der Waals surface area contributed by atoms with E-state index in [1.165, 1.54) is 0 Å². The van der Waals surface area contributed by atoms with Crippen LogP contribution in [-0.4, -0.2) is 16.2 Å². The highest BCUT2D eigenvalue weighted by Crippen LogP contribution is 2.15. The second-order valence-electron chi connectivity index (χ2n) is 5.83. The monoisotopic (exact) mass is 291 g/mol. The molecule has 2 aromatic rings. The molecule has 2 rings (SSSR count). The van der Waals surface area contributed by atoms with Gasteiger partial charge in [0.1, 0.15) is 5.76 Å². The number of rotatable bonds is 6. The molecule has 2 heterocycles. The van der Waals surface area contributed by atoms with Gasteiger partial charge in [-0.1, -0.05) is 38.0 Å². The van der Waals surface area contributed by atoms with Crippen molar-refractivity contribution in [3.05, 3.63) is 35.0 Å². The lowest BCUT2D eigenvalue weighted by molar-refractivity contribution is 0.0938. The molecule has 0 radical (unpaired) electrons. The summed E-state index contributed by atoms with van der Waals surface area (Å²) in [5.74, 6) is 1.76. The Balaban J connectivity index is 1.89. The Morgan fingerprint density at radius 2 is 1.95 bits per heavy atom. The number of nitrogens with one attached hydrogen (secondary N) is 1. The molecular weight excluding hydrogens is 270 g/mol. The number of aromatic nitrogens is 2. The molecule has 0 aromatic carbocycles. The fourth-order valence-corrected chi connectivity index (χ4v) is 1.88. The number of nitrogens with zero attached hydrogens (tertiary/aromatic N) is 2. The van der Waals surface area contributed by atoms with Crippen molar-refractivity contribution in [3.8, 4) is 0 Å². The third kappa shape index (κ3) is 4.18. The van der Waals surface area contributed by atoms with Crippen LogP contribution in [0, 0.1) is 5.92 Å². The maximum absolute atomic E-state index is 11.9. The molecule has 1 amide bonds. The lowest BCUT2D eigenvalue weighted by atomic mass is 10.1. The fraction of sp³-hybridized carbons (Fsp3) is 0.533. The van der Waals surface area contributed by atoms with Gasteiger partial charge in [0, 0.05) is 18.1 Å². The van der Waals surface area contributed by atoms with E-state index >= 15 is 0 Å². The molecule has 6 heteroatoms. The van der Waals surface area contributed by atoms with Gasteiger partial charge in [-0.3, -0.25) is 4.79 Å². The van der Waals surface area contributed by atoms with Crippen molar-refractivity contribution in [2.45, 2.75) is 46.6 Å². The molecule has 1 N–H and O–H groups in total. The van der Waals surface area contributed by atoms with Crippen LogP contribution in [0.25, 0.3) is 0 Å². The molecule has 6 nitrogen and oxygen atoms in total. The third-order valence-electron chi connectivity index (χ3n) is 2.98. The minimum Gasteiger partial charge on any atom is -0.360 e. The largest absolute Gasteiger partial charge is 0.360 e. The Kier molecular flexibility index (Phi) is 4.77. The first kappa shape index (κ1) is 15.3. The molecule has 114 valence electrons. The van der Waals surface area contributed by atoms with Gasteiger partial charge in [-0.25, -0.2) is 0 Å². The summed E-state index contributed by atoms with van der Waals surface area (Å²) < 4.78 is 10.3. The molecule has 0 unspecified atom stereocenters. The first-order valence-corrected chi connectivity index (χ1v) is 7.15. The summed E-state index contributed by atoms with van der Waals surface area (Å²) >= 11 is 0. The van der Waals surface area contributed by atoms with E-state index in [1.807, 2.05) is 19.9 Å². The Morgan fingerprint density at radius 3 is 2.57 bits per heavy atom. The smallest absolute Gasteiger partial charge is 0.273 e. The van der Waals surface area contributed by atoms with E-state index < -0.39 is 0 Å². The van der Waals surface area contributed by atoms with Crippen molar-refractivity contribution in [2.75, 3.05) is 0 Å². The Hall–Kier alpha value is -2.11. The van der Waals surface area contributed by atoms with Crippen molar-refractivity contribution in [1.29, 1.82) is 0 Å². The van der Waals surface area contributed by atoms with E-state index in [-0.39, 0.29) is 24.1 Å². The lowest BCUT2D eigenvalue weighted by Crippen LogP contribution is -2.22. The van der Waals surface area contributed by atoms with E-state index in [4.69, 9.17) is 9.05 Å². The quantitative estimate of drug-likeness (QED) is 0.885. The summed E-state index contributed by atoms with van der Waals surface area (Å²) in [5.41, 5.74) is 1.18. The van der Waals surface area contributed by atoms with Crippen molar-refractivity contribution in [2.24, 2.45) is 5.92 Å². The number of hydrogen-bond acceptors (Lipinski definition) is 5. The predicted molar refractivity (Wildman–Crippen MR) is 76.8 cm³/mol. The zero-order valence-corrected chi connectivity index (χ0v) is 12.8. The summed E-state index contributed by atoms with van der Waals surface area (Å²) in [5, 5.41) is 10.5. The molecule has 21 heavy (non-hydrogen) atoms. The van der Waals surface area contributed by atoms with Crippen molar-refractivity contribution >= 4 is 5.91 Å². The molecular formula is C15H21N3O3. The van der Waals surface area contributed by atoms with Gasteiger partial charge in [0.2, 0.25) is 0 Å². The van der Waals surface area contributed by atoms with Crippen molar-refractivity contribution in [3.63, 3.8) is 0 Å². The normalized spacial score (nSPS) is 11.3. The standard InChI is InChI=1S/C15H21N3O3/c1-9(2)5-11-6-12(20-17-11)8-16-15(19)13-7-14(10(3)4)21-18-13/h6-7,9-10H,5,8H2,1-4H3,(H,16,19). The van der Waals surface area contributed by atoms with Gasteiger partial charge in [-0.15, -0.1) is 0 Å². The average molecular weight is 291 g/mol. The number of hydrogen-bond donors (Lipinski definition) is 1. The van der Waals surface area contributed by atoms with Crippen molar-refractivity contribution in [1.82, 2.24) is 15.6 Å². The van der Waals surface area contributed by atoms with Gasteiger partial charge in [0.15, 0.2) is 11.5 Å². The van der Waals surface area contributed by atoms with Gasteiger partial charge >= 0.3 is 0 Å².